The molecule has 1 amide bonds. The highest BCUT2D eigenvalue weighted by Crippen LogP contribution is 2.23. The smallest absolute Gasteiger partial charge is 0.238 e. The second-order valence-corrected chi connectivity index (χ2v) is 5.93. The zero-order valence-electron chi connectivity index (χ0n) is 14.0. The number of aliphatic hydroxyl groups excluding tert-OH is 1. The average Bonchev–Trinajstić information content (AvgIpc) is 2.66. The first kappa shape index (κ1) is 17.1. The summed E-state index contributed by atoms with van der Waals surface area (Å²) in [7, 11) is 0. The number of fused-ring (bicyclic) bond motifs is 1. The lowest BCUT2D eigenvalue weighted by molar-refractivity contribution is -0.115. The number of anilines is 1. The van der Waals surface area contributed by atoms with Crippen molar-refractivity contribution in [1.29, 1.82) is 0 Å². The van der Waals surface area contributed by atoms with Crippen LogP contribution in [0.3, 0.4) is 0 Å². The minimum atomic E-state index is -0.102. The Bertz CT molecular complexity index is 828. The van der Waals surface area contributed by atoms with Gasteiger partial charge in [-0.2, -0.15) is 0 Å². The van der Waals surface area contributed by atoms with Gasteiger partial charge in [0, 0.05) is 23.7 Å². The lowest BCUT2D eigenvalue weighted by Gasteiger charge is -2.18. The summed E-state index contributed by atoms with van der Waals surface area (Å²) in [6, 6.07) is 23.6. The van der Waals surface area contributed by atoms with E-state index in [1.165, 1.54) is 0 Å². The van der Waals surface area contributed by atoms with E-state index < -0.39 is 0 Å². The predicted octanol–water partition coefficient (Wildman–Crippen LogP) is 3.49. The zero-order chi connectivity index (χ0) is 17.5. The van der Waals surface area contributed by atoms with Gasteiger partial charge in [0.25, 0.3) is 0 Å². The average molecular weight is 334 g/mol. The first-order valence-corrected chi connectivity index (χ1v) is 8.45. The summed E-state index contributed by atoms with van der Waals surface area (Å²) in [5.74, 6) is -0.102. The minimum Gasteiger partial charge on any atom is -0.396 e. The van der Waals surface area contributed by atoms with Gasteiger partial charge in [0.05, 0.1) is 6.54 Å². The first-order valence-electron chi connectivity index (χ1n) is 8.45. The predicted molar refractivity (Wildman–Crippen MR) is 101 cm³/mol. The molecule has 0 aliphatic rings. The van der Waals surface area contributed by atoms with Crippen LogP contribution in [0.25, 0.3) is 10.8 Å². The van der Waals surface area contributed by atoms with Crippen LogP contribution < -0.4 is 10.6 Å². The Morgan fingerprint density at radius 1 is 0.920 bits per heavy atom. The molecule has 0 fully saturated rings. The number of carbonyl (C=O) groups is 1. The van der Waals surface area contributed by atoms with Gasteiger partial charge in [-0.1, -0.05) is 66.7 Å². The molecular weight excluding hydrogens is 312 g/mol. The maximum Gasteiger partial charge on any atom is 0.238 e. The molecule has 4 heteroatoms. The number of amides is 1. The van der Waals surface area contributed by atoms with Crippen LogP contribution in [0.5, 0.6) is 0 Å². The fraction of sp³-hybridized carbons (Fsp3) is 0.190. The van der Waals surface area contributed by atoms with E-state index in [0.29, 0.717) is 6.42 Å². The zero-order valence-corrected chi connectivity index (χ0v) is 14.0. The van der Waals surface area contributed by atoms with Crippen LogP contribution >= 0.6 is 0 Å². The van der Waals surface area contributed by atoms with Gasteiger partial charge in [-0.25, -0.2) is 0 Å². The largest absolute Gasteiger partial charge is 0.396 e. The summed E-state index contributed by atoms with van der Waals surface area (Å²) in [6.45, 7) is 0.250. The van der Waals surface area contributed by atoms with Gasteiger partial charge in [-0.05, 0) is 23.4 Å². The molecule has 0 aromatic heterocycles. The Hall–Kier alpha value is -2.69. The van der Waals surface area contributed by atoms with Gasteiger partial charge in [-0.3, -0.25) is 4.79 Å². The summed E-state index contributed by atoms with van der Waals surface area (Å²) in [4.78, 5) is 12.4. The standard InChI is InChI=1S/C21H22N2O2/c24-14-13-19(17-8-2-1-3-9-17)22-15-21(25)23-20-12-6-10-16-7-4-5-11-18(16)20/h1-12,19,22,24H,13-15H2,(H,23,25). The molecule has 4 nitrogen and oxygen atoms in total. The van der Waals surface area contributed by atoms with Crippen LogP contribution in [-0.4, -0.2) is 24.2 Å². The van der Waals surface area contributed by atoms with Gasteiger partial charge in [0.15, 0.2) is 0 Å². The van der Waals surface area contributed by atoms with Crippen molar-refractivity contribution in [1.82, 2.24) is 5.32 Å². The van der Waals surface area contributed by atoms with Crippen LogP contribution in [0.1, 0.15) is 18.0 Å². The van der Waals surface area contributed by atoms with Crippen LogP contribution in [0.2, 0.25) is 0 Å². The van der Waals surface area contributed by atoms with E-state index in [1.807, 2.05) is 72.8 Å². The normalized spacial score (nSPS) is 12.0. The van der Waals surface area contributed by atoms with Crippen LogP contribution in [0, 0.1) is 0 Å². The maximum atomic E-state index is 12.4. The number of hydrogen-bond donors (Lipinski definition) is 3. The van der Waals surface area contributed by atoms with Crippen molar-refractivity contribution in [2.45, 2.75) is 12.5 Å². The quantitative estimate of drug-likeness (QED) is 0.620. The third kappa shape index (κ3) is 4.44. The summed E-state index contributed by atoms with van der Waals surface area (Å²) >= 11 is 0. The first-order chi connectivity index (χ1) is 12.3. The Morgan fingerprint density at radius 3 is 2.44 bits per heavy atom. The van der Waals surface area contributed by atoms with Crippen LogP contribution in [0.15, 0.2) is 72.8 Å². The molecule has 0 saturated carbocycles. The van der Waals surface area contributed by atoms with E-state index in [2.05, 4.69) is 10.6 Å². The van der Waals surface area contributed by atoms with Crippen molar-refractivity contribution in [3.05, 3.63) is 78.4 Å². The number of nitrogens with one attached hydrogen (secondary N) is 2. The fourth-order valence-electron chi connectivity index (χ4n) is 2.95. The molecule has 3 aromatic carbocycles. The summed E-state index contributed by atoms with van der Waals surface area (Å²) in [5.41, 5.74) is 1.87. The molecular formula is C21H22N2O2. The molecule has 3 N–H and O–H groups in total. The Labute approximate surface area is 147 Å². The topological polar surface area (TPSA) is 61.4 Å². The number of rotatable bonds is 7. The molecule has 0 aliphatic carbocycles. The number of aliphatic hydroxyl groups is 1. The highest BCUT2D eigenvalue weighted by molar-refractivity contribution is 6.02. The number of benzene rings is 3. The SMILES string of the molecule is O=C(CNC(CCO)c1ccccc1)Nc1cccc2ccccc12. The number of hydrogen-bond acceptors (Lipinski definition) is 3. The van der Waals surface area contributed by atoms with Crippen molar-refractivity contribution in [3.63, 3.8) is 0 Å². The van der Waals surface area contributed by atoms with Crippen LogP contribution in [0.4, 0.5) is 5.69 Å². The highest BCUT2D eigenvalue weighted by Gasteiger charge is 2.12. The van der Waals surface area contributed by atoms with E-state index in [0.717, 1.165) is 22.0 Å². The second kappa shape index (κ2) is 8.42. The molecule has 0 spiro atoms. The van der Waals surface area contributed by atoms with Crippen molar-refractivity contribution in [2.75, 3.05) is 18.5 Å². The van der Waals surface area contributed by atoms with E-state index >= 15 is 0 Å². The van der Waals surface area contributed by atoms with E-state index in [-0.39, 0.29) is 25.1 Å². The van der Waals surface area contributed by atoms with Crippen molar-refractivity contribution < 1.29 is 9.90 Å². The molecule has 0 saturated heterocycles. The monoisotopic (exact) mass is 334 g/mol. The molecule has 0 aliphatic heterocycles. The fourth-order valence-corrected chi connectivity index (χ4v) is 2.95. The summed E-state index contributed by atoms with van der Waals surface area (Å²) in [6.07, 6.45) is 0.561. The van der Waals surface area contributed by atoms with Crippen LogP contribution in [-0.2, 0) is 4.79 Å². The highest BCUT2D eigenvalue weighted by atomic mass is 16.3. The molecule has 3 rings (SSSR count). The van der Waals surface area contributed by atoms with Crippen molar-refractivity contribution >= 4 is 22.4 Å². The van der Waals surface area contributed by atoms with Gasteiger partial charge in [-0.15, -0.1) is 0 Å². The molecule has 0 radical (unpaired) electrons. The minimum absolute atomic E-state index is 0.0514. The second-order valence-electron chi connectivity index (χ2n) is 5.93. The Kier molecular flexibility index (Phi) is 5.77. The Morgan fingerprint density at radius 2 is 1.64 bits per heavy atom. The Balaban J connectivity index is 1.65. The maximum absolute atomic E-state index is 12.4. The molecule has 0 heterocycles. The third-order valence-corrected chi connectivity index (χ3v) is 4.19. The van der Waals surface area contributed by atoms with E-state index in [1.54, 1.807) is 0 Å². The third-order valence-electron chi connectivity index (χ3n) is 4.19. The van der Waals surface area contributed by atoms with E-state index in [4.69, 9.17) is 0 Å². The van der Waals surface area contributed by atoms with Gasteiger partial charge < -0.3 is 15.7 Å². The van der Waals surface area contributed by atoms with Gasteiger partial charge in [0.2, 0.25) is 5.91 Å². The molecule has 128 valence electrons. The molecule has 1 unspecified atom stereocenters. The van der Waals surface area contributed by atoms with Crippen molar-refractivity contribution in [2.24, 2.45) is 0 Å². The lowest BCUT2D eigenvalue weighted by Crippen LogP contribution is -2.31. The lowest BCUT2D eigenvalue weighted by atomic mass is 10.0. The van der Waals surface area contributed by atoms with Crippen molar-refractivity contribution in [3.8, 4) is 0 Å². The number of carbonyl (C=O) groups excluding carboxylic acids is 1. The van der Waals surface area contributed by atoms with E-state index in [9.17, 15) is 9.90 Å². The molecule has 25 heavy (non-hydrogen) atoms. The molecule has 0 bridgehead atoms. The summed E-state index contributed by atoms with van der Waals surface area (Å²) in [5, 5.41) is 17.6. The summed E-state index contributed by atoms with van der Waals surface area (Å²) < 4.78 is 0. The molecule has 1 atom stereocenters. The van der Waals surface area contributed by atoms with Gasteiger partial charge >= 0.3 is 0 Å². The molecule has 3 aromatic rings. The van der Waals surface area contributed by atoms with Gasteiger partial charge in [0.1, 0.15) is 0 Å².